The fourth-order valence-corrected chi connectivity index (χ4v) is 9.11. The standard InChI is InChI=1S/C58H113NO5/c1-3-5-7-9-11-13-15-17-19-20-21-22-23-25-26-30-34-38-42-46-50-56(61)55(54-60)59-57(62)51-47-43-39-35-31-28-29-33-37-41-45-49-53-64-58(63)52-48-44-40-36-32-27-24-18-16-14-12-10-8-6-4-2/h29,33,55-56,60-61H,3-28,30-32,34-54H2,1-2H3,(H,59,62)/b33-29-. The number of nitrogens with one attached hydrogen (secondary N) is 1. The molecular formula is C58H113NO5. The number of hydrogen-bond donors (Lipinski definition) is 3. The quantitative estimate of drug-likeness (QED) is 0.0321. The highest BCUT2D eigenvalue weighted by molar-refractivity contribution is 5.76. The zero-order valence-corrected chi connectivity index (χ0v) is 43.3. The highest BCUT2D eigenvalue weighted by Gasteiger charge is 2.20. The molecule has 0 aromatic heterocycles. The maximum Gasteiger partial charge on any atom is 0.305 e. The summed E-state index contributed by atoms with van der Waals surface area (Å²) >= 11 is 0. The summed E-state index contributed by atoms with van der Waals surface area (Å²) in [7, 11) is 0. The van der Waals surface area contributed by atoms with Crippen LogP contribution in [0.2, 0.25) is 0 Å². The second kappa shape index (κ2) is 54.2. The summed E-state index contributed by atoms with van der Waals surface area (Å²) in [6.45, 7) is 4.92. The molecule has 6 nitrogen and oxygen atoms in total. The van der Waals surface area contributed by atoms with Crippen molar-refractivity contribution in [2.45, 2.75) is 334 Å². The van der Waals surface area contributed by atoms with Crippen molar-refractivity contribution >= 4 is 11.9 Å². The molecule has 0 aliphatic carbocycles. The number of esters is 1. The average molecular weight is 905 g/mol. The molecule has 0 fully saturated rings. The second-order valence-electron chi connectivity index (χ2n) is 20.0. The van der Waals surface area contributed by atoms with Gasteiger partial charge in [-0.3, -0.25) is 9.59 Å². The number of amides is 1. The predicted octanol–water partition coefficient (Wildman–Crippen LogP) is 17.7. The number of ether oxygens (including phenoxy) is 1. The van der Waals surface area contributed by atoms with Gasteiger partial charge in [-0.1, -0.05) is 264 Å². The summed E-state index contributed by atoms with van der Waals surface area (Å²) in [6.07, 6.45) is 63.4. The molecule has 0 aromatic carbocycles. The van der Waals surface area contributed by atoms with Crippen LogP contribution in [0, 0.1) is 0 Å². The third-order valence-corrected chi connectivity index (χ3v) is 13.6. The van der Waals surface area contributed by atoms with Crippen molar-refractivity contribution in [2.24, 2.45) is 0 Å². The number of unbranched alkanes of at least 4 members (excludes halogenated alkanes) is 41. The minimum atomic E-state index is -0.680. The molecule has 0 bridgehead atoms. The van der Waals surface area contributed by atoms with E-state index in [0.29, 0.717) is 25.9 Å². The smallest absolute Gasteiger partial charge is 0.305 e. The van der Waals surface area contributed by atoms with E-state index in [2.05, 4.69) is 31.3 Å². The Morgan fingerprint density at radius 2 is 0.734 bits per heavy atom. The van der Waals surface area contributed by atoms with E-state index in [-0.39, 0.29) is 18.5 Å². The number of aliphatic hydroxyl groups excluding tert-OH is 2. The first-order chi connectivity index (χ1) is 31.5. The molecule has 0 radical (unpaired) electrons. The van der Waals surface area contributed by atoms with Gasteiger partial charge in [-0.05, 0) is 57.8 Å². The normalized spacial score (nSPS) is 12.6. The minimum absolute atomic E-state index is 0.0189. The Labute approximate surface area is 399 Å². The predicted molar refractivity (Wildman–Crippen MR) is 278 cm³/mol. The Morgan fingerprint density at radius 1 is 0.422 bits per heavy atom. The largest absolute Gasteiger partial charge is 0.466 e. The maximum absolute atomic E-state index is 12.5. The number of carbonyl (C=O) groups excluding carboxylic acids is 2. The molecular weight excluding hydrogens is 791 g/mol. The Bertz CT molecular complexity index is 955. The van der Waals surface area contributed by atoms with Crippen LogP contribution in [0.5, 0.6) is 0 Å². The van der Waals surface area contributed by atoms with E-state index < -0.39 is 12.1 Å². The van der Waals surface area contributed by atoms with E-state index >= 15 is 0 Å². The van der Waals surface area contributed by atoms with Crippen LogP contribution < -0.4 is 5.32 Å². The molecule has 0 saturated carbocycles. The van der Waals surface area contributed by atoms with Gasteiger partial charge in [0.15, 0.2) is 0 Å². The van der Waals surface area contributed by atoms with E-state index in [1.54, 1.807) is 0 Å². The van der Waals surface area contributed by atoms with Crippen LogP contribution in [0.3, 0.4) is 0 Å². The van der Waals surface area contributed by atoms with Gasteiger partial charge in [0.25, 0.3) is 0 Å². The first kappa shape index (κ1) is 62.6. The van der Waals surface area contributed by atoms with E-state index in [9.17, 15) is 19.8 Å². The molecule has 6 heteroatoms. The van der Waals surface area contributed by atoms with Crippen molar-refractivity contribution in [3.05, 3.63) is 12.2 Å². The summed E-state index contributed by atoms with van der Waals surface area (Å²) in [5.41, 5.74) is 0. The Kier molecular flexibility index (Phi) is 53.0. The number of carbonyl (C=O) groups is 2. The van der Waals surface area contributed by atoms with E-state index in [0.717, 1.165) is 77.0 Å². The molecule has 0 aliphatic rings. The van der Waals surface area contributed by atoms with Gasteiger partial charge in [-0.2, -0.15) is 0 Å². The number of allylic oxidation sites excluding steroid dienone is 2. The minimum Gasteiger partial charge on any atom is -0.466 e. The molecule has 3 N–H and O–H groups in total. The fraction of sp³-hybridized carbons (Fsp3) is 0.931. The molecule has 0 saturated heterocycles. The zero-order valence-electron chi connectivity index (χ0n) is 43.3. The van der Waals surface area contributed by atoms with Gasteiger partial charge in [0.05, 0.1) is 25.4 Å². The summed E-state index contributed by atoms with van der Waals surface area (Å²) < 4.78 is 5.46. The third-order valence-electron chi connectivity index (χ3n) is 13.6. The van der Waals surface area contributed by atoms with Crippen LogP contribution in [0.15, 0.2) is 12.2 Å². The van der Waals surface area contributed by atoms with Crippen LogP contribution >= 0.6 is 0 Å². The van der Waals surface area contributed by atoms with Crippen molar-refractivity contribution in [3.8, 4) is 0 Å². The molecule has 64 heavy (non-hydrogen) atoms. The van der Waals surface area contributed by atoms with Gasteiger partial charge in [-0.25, -0.2) is 0 Å². The third kappa shape index (κ3) is 50.0. The van der Waals surface area contributed by atoms with Crippen LogP contribution in [-0.4, -0.2) is 47.4 Å². The van der Waals surface area contributed by atoms with Crippen LogP contribution in [0.4, 0.5) is 0 Å². The second-order valence-corrected chi connectivity index (χ2v) is 20.0. The lowest BCUT2D eigenvalue weighted by molar-refractivity contribution is -0.143. The zero-order chi connectivity index (χ0) is 46.5. The van der Waals surface area contributed by atoms with Gasteiger partial charge in [0.1, 0.15) is 0 Å². The molecule has 2 atom stereocenters. The number of hydrogen-bond acceptors (Lipinski definition) is 5. The summed E-state index contributed by atoms with van der Waals surface area (Å²) in [6, 6.07) is -0.560. The van der Waals surface area contributed by atoms with Gasteiger partial charge < -0.3 is 20.3 Å². The van der Waals surface area contributed by atoms with Crippen molar-refractivity contribution in [2.75, 3.05) is 13.2 Å². The molecule has 1 amide bonds. The van der Waals surface area contributed by atoms with Crippen molar-refractivity contribution in [1.82, 2.24) is 5.32 Å². The van der Waals surface area contributed by atoms with E-state index in [1.807, 2.05) is 0 Å². The number of rotatable bonds is 54. The monoisotopic (exact) mass is 904 g/mol. The lowest BCUT2D eigenvalue weighted by Crippen LogP contribution is -2.45. The lowest BCUT2D eigenvalue weighted by Gasteiger charge is -2.22. The Balaban J connectivity index is 3.48. The van der Waals surface area contributed by atoms with Crippen LogP contribution in [0.25, 0.3) is 0 Å². The van der Waals surface area contributed by atoms with Crippen LogP contribution in [0.1, 0.15) is 322 Å². The van der Waals surface area contributed by atoms with Crippen molar-refractivity contribution < 1.29 is 24.5 Å². The van der Waals surface area contributed by atoms with Gasteiger partial charge in [0.2, 0.25) is 5.91 Å². The molecule has 380 valence electrons. The average Bonchev–Trinajstić information content (AvgIpc) is 3.29. The first-order valence-electron chi connectivity index (χ1n) is 28.9. The van der Waals surface area contributed by atoms with Crippen LogP contribution in [-0.2, 0) is 14.3 Å². The van der Waals surface area contributed by atoms with Crippen molar-refractivity contribution in [3.63, 3.8) is 0 Å². The molecule has 0 heterocycles. The maximum atomic E-state index is 12.5. The SMILES string of the molecule is CCCCCCCCCCCCCCCCCCCCCCC(O)C(CO)NC(=O)CCCCCCC/C=C\CCCCCOC(=O)CCCCCCCCCCCCCCCCC. The fourth-order valence-electron chi connectivity index (χ4n) is 9.11. The summed E-state index contributed by atoms with van der Waals surface area (Å²) in [5.74, 6) is -0.0762. The van der Waals surface area contributed by atoms with E-state index in [4.69, 9.17) is 4.74 Å². The highest BCUT2D eigenvalue weighted by atomic mass is 16.5. The van der Waals surface area contributed by atoms with Crippen molar-refractivity contribution in [1.29, 1.82) is 0 Å². The Morgan fingerprint density at radius 3 is 1.11 bits per heavy atom. The first-order valence-corrected chi connectivity index (χ1v) is 28.9. The summed E-state index contributed by atoms with van der Waals surface area (Å²) in [5, 5.41) is 23.3. The number of aliphatic hydroxyl groups is 2. The molecule has 2 unspecified atom stereocenters. The topological polar surface area (TPSA) is 95.9 Å². The Hall–Kier alpha value is -1.40. The molecule has 0 spiro atoms. The van der Waals surface area contributed by atoms with Gasteiger partial charge in [-0.15, -0.1) is 0 Å². The summed E-state index contributed by atoms with van der Waals surface area (Å²) in [4.78, 5) is 24.5. The van der Waals surface area contributed by atoms with E-state index in [1.165, 1.54) is 212 Å². The molecule has 0 rings (SSSR count). The molecule has 0 aromatic rings. The van der Waals surface area contributed by atoms with Gasteiger partial charge in [0, 0.05) is 12.8 Å². The molecule has 0 aliphatic heterocycles. The highest BCUT2D eigenvalue weighted by Crippen LogP contribution is 2.17. The lowest BCUT2D eigenvalue weighted by atomic mass is 10.0. The van der Waals surface area contributed by atoms with Gasteiger partial charge >= 0.3 is 5.97 Å².